The lowest BCUT2D eigenvalue weighted by Crippen LogP contribution is -1.93. The van der Waals surface area contributed by atoms with Gasteiger partial charge in [0.1, 0.15) is 5.82 Å². The summed E-state index contributed by atoms with van der Waals surface area (Å²) in [4.78, 5) is 8.24. The number of aromatic nitrogens is 2. The van der Waals surface area contributed by atoms with E-state index in [-0.39, 0.29) is 0 Å². The zero-order valence-electron chi connectivity index (χ0n) is 9.94. The van der Waals surface area contributed by atoms with Crippen molar-refractivity contribution in [3.63, 3.8) is 0 Å². The van der Waals surface area contributed by atoms with E-state index in [9.17, 15) is 0 Å². The maximum absolute atomic E-state index is 6.12. The summed E-state index contributed by atoms with van der Waals surface area (Å²) in [6.45, 7) is 2.02. The van der Waals surface area contributed by atoms with Crippen molar-refractivity contribution < 1.29 is 0 Å². The maximum atomic E-state index is 6.12. The van der Waals surface area contributed by atoms with E-state index in [1.165, 1.54) is 0 Å². The Balaban J connectivity index is 2.38. The molecule has 0 saturated carbocycles. The van der Waals surface area contributed by atoms with Crippen LogP contribution in [0.3, 0.4) is 0 Å². The van der Waals surface area contributed by atoms with Crippen LogP contribution in [0.2, 0.25) is 5.02 Å². The number of nitrogens with zero attached hydrogens (tertiary/aromatic N) is 2. The number of nitrogen functional groups attached to an aromatic ring is 1. The van der Waals surface area contributed by atoms with E-state index in [2.05, 4.69) is 21.8 Å². The quantitative estimate of drug-likeness (QED) is 0.799. The molecule has 0 atom stereocenters. The van der Waals surface area contributed by atoms with E-state index >= 15 is 0 Å². The zero-order valence-corrected chi connectivity index (χ0v) is 10.7. The second-order valence-electron chi connectivity index (χ2n) is 3.69. The van der Waals surface area contributed by atoms with Crippen LogP contribution in [0.4, 0.5) is 5.82 Å². The van der Waals surface area contributed by atoms with Crippen LogP contribution < -0.4 is 5.73 Å². The van der Waals surface area contributed by atoms with E-state index in [4.69, 9.17) is 17.3 Å². The fourth-order valence-corrected chi connectivity index (χ4v) is 1.70. The molecule has 3 nitrogen and oxygen atoms in total. The number of hydrogen-bond acceptors (Lipinski definition) is 3. The first-order chi connectivity index (χ1) is 8.70. The molecule has 0 aliphatic heterocycles. The Morgan fingerprint density at radius 1 is 1.22 bits per heavy atom. The third-order valence-electron chi connectivity index (χ3n) is 2.43. The molecular formula is C14H12ClN3. The standard InChI is InChI=1S/C14H12ClN3/c1-2-13-11(12(15)7-8-17-13)5-3-10-4-6-14(16)18-9-10/h4,6-9H,2H2,1H3,(H2,16,18). The topological polar surface area (TPSA) is 51.8 Å². The monoisotopic (exact) mass is 257 g/mol. The summed E-state index contributed by atoms with van der Waals surface area (Å²) < 4.78 is 0. The first-order valence-corrected chi connectivity index (χ1v) is 5.95. The summed E-state index contributed by atoms with van der Waals surface area (Å²) in [7, 11) is 0. The van der Waals surface area contributed by atoms with E-state index in [0.717, 1.165) is 23.2 Å². The van der Waals surface area contributed by atoms with Gasteiger partial charge in [0.2, 0.25) is 0 Å². The Labute approximate surface area is 111 Å². The van der Waals surface area contributed by atoms with Crippen LogP contribution in [0.1, 0.15) is 23.7 Å². The molecule has 2 heterocycles. The van der Waals surface area contributed by atoms with Gasteiger partial charge in [-0.3, -0.25) is 4.98 Å². The summed E-state index contributed by atoms with van der Waals surface area (Å²) >= 11 is 6.12. The molecule has 0 spiro atoms. The zero-order chi connectivity index (χ0) is 13.0. The van der Waals surface area contributed by atoms with Crippen molar-refractivity contribution in [1.82, 2.24) is 9.97 Å². The van der Waals surface area contributed by atoms with Crippen molar-refractivity contribution in [3.05, 3.63) is 52.4 Å². The number of anilines is 1. The summed E-state index contributed by atoms with van der Waals surface area (Å²) in [6, 6.07) is 5.28. The molecule has 0 fully saturated rings. The predicted octanol–water partition coefficient (Wildman–Crippen LogP) is 2.67. The van der Waals surface area contributed by atoms with Crippen molar-refractivity contribution in [3.8, 4) is 11.8 Å². The normalized spacial score (nSPS) is 9.67. The van der Waals surface area contributed by atoms with Gasteiger partial charge >= 0.3 is 0 Å². The van der Waals surface area contributed by atoms with Gasteiger partial charge in [-0.1, -0.05) is 30.4 Å². The summed E-state index contributed by atoms with van der Waals surface area (Å²) in [5.74, 6) is 6.53. The van der Waals surface area contributed by atoms with Crippen LogP contribution >= 0.6 is 11.6 Å². The van der Waals surface area contributed by atoms with Crippen LogP contribution in [-0.4, -0.2) is 9.97 Å². The minimum atomic E-state index is 0.481. The highest BCUT2D eigenvalue weighted by Crippen LogP contribution is 2.17. The van der Waals surface area contributed by atoms with Crippen molar-refractivity contribution in [2.24, 2.45) is 0 Å². The minimum Gasteiger partial charge on any atom is -0.384 e. The molecule has 0 aliphatic rings. The Morgan fingerprint density at radius 3 is 2.72 bits per heavy atom. The highest BCUT2D eigenvalue weighted by atomic mass is 35.5. The Hall–Kier alpha value is -2.05. The molecule has 0 radical (unpaired) electrons. The number of pyridine rings is 2. The largest absolute Gasteiger partial charge is 0.384 e. The van der Waals surface area contributed by atoms with Gasteiger partial charge < -0.3 is 5.73 Å². The van der Waals surface area contributed by atoms with Crippen molar-refractivity contribution >= 4 is 17.4 Å². The average molecular weight is 258 g/mol. The molecule has 2 aromatic heterocycles. The first kappa shape index (κ1) is 12.4. The molecule has 2 N–H and O–H groups in total. The first-order valence-electron chi connectivity index (χ1n) is 5.57. The van der Waals surface area contributed by atoms with Gasteiger partial charge in [0.05, 0.1) is 16.3 Å². The van der Waals surface area contributed by atoms with Crippen LogP contribution in [0.5, 0.6) is 0 Å². The SMILES string of the molecule is CCc1nccc(Cl)c1C#Cc1ccc(N)nc1. The lowest BCUT2D eigenvalue weighted by Gasteiger charge is -2.01. The van der Waals surface area contributed by atoms with Gasteiger partial charge in [0.25, 0.3) is 0 Å². The van der Waals surface area contributed by atoms with Gasteiger partial charge in [0.15, 0.2) is 0 Å². The van der Waals surface area contributed by atoms with Crippen LogP contribution in [0.15, 0.2) is 30.6 Å². The van der Waals surface area contributed by atoms with Crippen molar-refractivity contribution in [1.29, 1.82) is 0 Å². The van der Waals surface area contributed by atoms with Crippen LogP contribution in [0, 0.1) is 11.8 Å². The van der Waals surface area contributed by atoms with Gasteiger partial charge in [-0.25, -0.2) is 4.98 Å². The Morgan fingerprint density at radius 2 is 2.06 bits per heavy atom. The van der Waals surface area contributed by atoms with Gasteiger partial charge in [-0.15, -0.1) is 0 Å². The molecule has 0 amide bonds. The number of nitrogens with two attached hydrogens (primary N) is 1. The smallest absolute Gasteiger partial charge is 0.123 e. The van der Waals surface area contributed by atoms with E-state index in [1.54, 1.807) is 24.5 Å². The lowest BCUT2D eigenvalue weighted by molar-refractivity contribution is 1.03. The van der Waals surface area contributed by atoms with Crippen molar-refractivity contribution in [2.45, 2.75) is 13.3 Å². The predicted molar refractivity (Wildman–Crippen MR) is 73.3 cm³/mol. The Bertz CT molecular complexity index is 609. The molecule has 0 bridgehead atoms. The molecule has 2 rings (SSSR count). The Kier molecular flexibility index (Phi) is 3.81. The lowest BCUT2D eigenvalue weighted by atomic mass is 10.1. The molecule has 90 valence electrons. The molecule has 0 unspecified atom stereocenters. The molecule has 0 aromatic carbocycles. The number of aryl methyl sites for hydroxylation is 1. The molecular weight excluding hydrogens is 246 g/mol. The maximum Gasteiger partial charge on any atom is 0.123 e. The second kappa shape index (κ2) is 5.52. The number of hydrogen-bond donors (Lipinski definition) is 1. The summed E-state index contributed by atoms with van der Waals surface area (Å²) in [5.41, 5.74) is 7.99. The van der Waals surface area contributed by atoms with E-state index in [0.29, 0.717) is 10.8 Å². The van der Waals surface area contributed by atoms with Crippen molar-refractivity contribution in [2.75, 3.05) is 5.73 Å². The van der Waals surface area contributed by atoms with Crippen LogP contribution in [-0.2, 0) is 6.42 Å². The fourth-order valence-electron chi connectivity index (χ4n) is 1.49. The van der Waals surface area contributed by atoms with E-state index < -0.39 is 0 Å². The fraction of sp³-hybridized carbons (Fsp3) is 0.143. The molecule has 4 heteroatoms. The highest BCUT2D eigenvalue weighted by Gasteiger charge is 2.03. The number of rotatable bonds is 1. The molecule has 0 aliphatic carbocycles. The third kappa shape index (κ3) is 2.79. The summed E-state index contributed by atoms with van der Waals surface area (Å²) in [6.07, 6.45) is 4.12. The summed E-state index contributed by atoms with van der Waals surface area (Å²) in [5, 5.41) is 0.623. The second-order valence-corrected chi connectivity index (χ2v) is 4.10. The van der Waals surface area contributed by atoms with E-state index in [1.807, 2.05) is 13.0 Å². The average Bonchev–Trinajstić information content (AvgIpc) is 2.39. The minimum absolute atomic E-state index is 0.481. The number of halogens is 1. The highest BCUT2D eigenvalue weighted by molar-refractivity contribution is 6.31. The van der Waals surface area contributed by atoms with Gasteiger partial charge in [-0.2, -0.15) is 0 Å². The third-order valence-corrected chi connectivity index (χ3v) is 2.75. The molecule has 18 heavy (non-hydrogen) atoms. The van der Waals surface area contributed by atoms with Gasteiger partial charge in [0, 0.05) is 18.0 Å². The van der Waals surface area contributed by atoms with Crippen LogP contribution in [0.25, 0.3) is 0 Å². The van der Waals surface area contributed by atoms with Gasteiger partial charge in [-0.05, 0) is 24.6 Å². The molecule has 0 saturated heterocycles. The molecule has 2 aromatic rings.